The third-order valence-corrected chi connectivity index (χ3v) is 3.10. The molecule has 0 aliphatic heterocycles. The zero-order valence-corrected chi connectivity index (χ0v) is 11.5. The van der Waals surface area contributed by atoms with Gasteiger partial charge < -0.3 is 9.84 Å². The Labute approximate surface area is 102 Å². The lowest BCUT2D eigenvalue weighted by Crippen LogP contribution is -2.27. The van der Waals surface area contributed by atoms with Crippen LogP contribution in [-0.4, -0.2) is 26.1 Å². The fourth-order valence-electron chi connectivity index (χ4n) is 0.863. The van der Waals surface area contributed by atoms with Crippen LogP contribution >= 0.6 is 47.8 Å². The van der Waals surface area contributed by atoms with Crippen molar-refractivity contribution >= 4 is 47.8 Å². The molecule has 0 aromatic rings. The predicted octanol–water partition coefficient (Wildman–Crippen LogP) is 2.70. The predicted molar refractivity (Wildman–Crippen MR) is 63.6 cm³/mol. The molecular weight excluding hydrogens is 368 g/mol. The molecule has 0 atom stereocenters. The second-order valence-electron chi connectivity index (χ2n) is 2.63. The maximum Gasteiger partial charge on any atom is 0.160 e. The number of halogens is 3. The molecule has 74 valence electrons. The second-order valence-corrected chi connectivity index (χ2v) is 5.93. The largest absolute Gasteiger partial charge is 0.372 e. The smallest absolute Gasteiger partial charge is 0.160 e. The van der Waals surface area contributed by atoms with E-state index in [4.69, 9.17) is 4.74 Å². The highest BCUT2D eigenvalue weighted by Crippen LogP contribution is 2.32. The van der Waals surface area contributed by atoms with Crippen LogP contribution < -0.4 is 0 Å². The van der Waals surface area contributed by atoms with Gasteiger partial charge in [0.2, 0.25) is 0 Å². The van der Waals surface area contributed by atoms with Gasteiger partial charge in [0.05, 0.1) is 6.61 Å². The average Bonchev–Trinajstić information content (AvgIpc) is 2.08. The Balaban J connectivity index is 2.60. The Bertz CT molecular complexity index is 220. The van der Waals surface area contributed by atoms with Gasteiger partial charge in [-0.05, 0) is 56.2 Å². The van der Waals surface area contributed by atoms with Crippen molar-refractivity contribution in [3.05, 3.63) is 24.3 Å². The third-order valence-electron chi connectivity index (χ3n) is 1.49. The maximum atomic E-state index is 9.49. The molecule has 0 saturated carbocycles. The fourth-order valence-corrected chi connectivity index (χ4v) is 1.72. The Hall–Kier alpha value is 0.840. The minimum Gasteiger partial charge on any atom is -0.372 e. The van der Waals surface area contributed by atoms with Crippen molar-refractivity contribution in [1.29, 1.82) is 0 Å². The summed E-state index contributed by atoms with van der Waals surface area (Å²) in [5, 5.41) is 10.3. The standard InChI is InChI=1S/C8H9Br3O2/c9-5-6-13-8(11)3-1-7(10,12)2-4-8/h1-4,12H,5-6H2. The van der Waals surface area contributed by atoms with Gasteiger partial charge in [0.25, 0.3) is 0 Å². The SMILES string of the molecule is OC1(Br)C=CC(Br)(OCCBr)C=C1. The van der Waals surface area contributed by atoms with E-state index in [1.165, 1.54) is 0 Å². The topological polar surface area (TPSA) is 29.5 Å². The number of aliphatic hydroxyl groups is 1. The quantitative estimate of drug-likeness (QED) is 0.606. The summed E-state index contributed by atoms with van der Waals surface area (Å²) in [5.41, 5.74) is 0. The van der Waals surface area contributed by atoms with Crippen LogP contribution in [0.3, 0.4) is 0 Å². The van der Waals surface area contributed by atoms with Gasteiger partial charge in [0, 0.05) is 5.33 Å². The monoisotopic (exact) mass is 374 g/mol. The first-order valence-corrected chi connectivity index (χ1v) is 6.39. The molecule has 0 amide bonds. The third kappa shape index (κ3) is 3.83. The van der Waals surface area contributed by atoms with Crippen molar-refractivity contribution in [2.24, 2.45) is 0 Å². The van der Waals surface area contributed by atoms with Crippen LogP contribution in [0.25, 0.3) is 0 Å². The van der Waals surface area contributed by atoms with Crippen LogP contribution in [0.4, 0.5) is 0 Å². The number of hydrogen-bond acceptors (Lipinski definition) is 2. The molecule has 0 saturated heterocycles. The fraction of sp³-hybridized carbons (Fsp3) is 0.500. The van der Waals surface area contributed by atoms with Crippen LogP contribution in [0.15, 0.2) is 24.3 Å². The van der Waals surface area contributed by atoms with E-state index in [9.17, 15) is 5.11 Å². The van der Waals surface area contributed by atoms with Crippen molar-refractivity contribution < 1.29 is 9.84 Å². The zero-order chi connectivity index (χ0) is 9.95. The lowest BCUT2D eigenvalue weighted by atomic mass is 10.1. The molecule has 1 aliphatic carbocycles. The van der Waals surface area contributed by atoms with E-state index in [-0.39, 0.29) is 0 Å². The molecule has 5 heteroatoms. The lowest BCUT2D eigenvalue weighted by Gasteiger charge is -2.26. The lowest BCUT2D eigenvalue weighted by molar-refractivity contribution is 0.106. The molecule has 2 nitrogen and oxygen atoms in total. The molecule has 0 radical (unpaired) electrons. The Morgan fingerprint density at radius 3 is 2.15 bits per heavy atom. The van der Waals surface area contributed by atoms with Crippen molar-refractivity contribution in [3.63, 3.8) is 0 Å². The molecule has 1 rings (SSSR count). The summed E-state index contributed by atoms with van der Waals surface area (Å²) in [6.45, 7) is 0.598. The molecule has 0 heterocycles. The van der Waals surface area contributed by atoms with E-state index < -0.39 is 9.02 Å². The summed E-state index contributed by atoms with van der Waals surface area (Å²) in [6.07, 6.45) is 6.75. The normalized spacial score (nSPS) is 38.2. The summed E-state index contributed by atoms with van der Waals surface area (Å²) < 4.78 is 3.85. The molecule has 0 unspecified atom stereocenters. The van der Waals surface area contributed by atoms with Gasteiger partial charge in [-0.25, -0.2) is 0 Å². The number of ether oxygens (including phenoxy) is 1. The number of alkyl halides is 3. The Morgan fingerprint density at radius 2 is 1.69 bits per heavy atom. The number of hydrogen-bond donors (Lipinski definition) is 1. The Kier molecular flexibility index (Phi) is 4.19. The molecule has 0 bridgehead atoms. The summed E-state index contributed by atoms with van der Waals surface area (Å²) in [6, 6.07) is 0. The molecule has 1 aliphatic rings. The first-order valence-electron chi connectivity index (χ1n) is 3.68. The highest BCUT2D eigenvalue weighted by Gasteiger charge is 2.28. The highest BCUT2D eigenvalue weighted by molar-refractivity contribution is 9.10. The van der Waals surface area contributed by atoms with E-state index in [2.05, 4.69) is 47.8 Å². The van der Waals surface area contributed by atoms with Crippen LogP contribution in [0, 0.1) is 0 Å². The Morgan fingerprint density at radius 1 is 1.15 bits per heavy atom. The van der Waals surface area contributed by atoms with Crippen molar-refractivity contribution in [1.82, 2.24) is 0 Å². The van der Waals surface area contributed by atoms with E-state index in [0.717, 1.165) is 5.33 Å². The van der Waals surface area contributed by atoms with Gasteiger partial charge in [-0.3, -0.25) is 0 Å². The van der Waals surface area contributed by atoms with Gasteiger partial charge in [-0.2, -0.15) is 0 Å². The highest BCUT2D eigenvalue weighted by atomic mass is 79.9. The molecule has 0 aromatic carbocycles. The first-order chi connectivity index (χ1) is 5.97. The molecule has 0 fully saturated rings. The maximum absolute atomic E-state index is 9.49. The van der Waals surface area contributed by atoms with Crippen molar-refractivity contribution in [3.8, 4) is 0 Å². The minimum atomic E-state index is -1.04. The van der Waals surface area contributed by atoms with Gasteiger partial charge in [-0.1, -0.05) is 15.9 Å². The van der Waals surface area contributed by atoms with E-state index in [1.54, 1.807) is 24.3 Å². The molecular formula is C8H9Br3O2. The minimum absolute atomic E-state index is 0.583. The van der Waals surface area contributed by atoms with E-state index >= 15 is 0 Å². The van der Waals surface area contributed by atoms with Gasteiger partial charge in [-0.15, -0.1) is 0 Å². The summed E-state index contributed by atoms with van der Waals surface area (Å²) in [5.74, 6) is 0. The second kappa shape index (κ2) is 4.57. The van der Waals surface area contributed by atoms with Crippen LogP contribution in [0.1, 0.15) is 0 Å². The molecule has 1 N–H and O–H groups in total. The zero-order valence-electron chi connectivity index (χ0n) is 6.71. The van der Waals surface area contributed by atoms with E-state index in [1.807, 2.05) is 0 Å². The van der Waals surface area contributed by atoms with Gasteiger partial charge >= 0.3 is 0 Å². The molecule has 0 aromatic heterocycles. The van der Waals surface area contributed by atoms with Crippen LogP contribution in [-0.2, 0) is 4.74 Å². The molecule has 0 spiro atoms. The first kappa shape index (κ1) is 11.9. The average molecular weight is 377 g/mol. The van der Waals surface area contributed by atoms with E-state index in [0.29, 0.717) is 6.61 Å². The van der Waals surface area contributed by atoms with Crippen molar-refractivity contribution in [2.75, 3.05) is 11.9 Å². The van der Waals surface area contributed by atoms with Crippen LogP contribution in [0.5, 0.6) is 0 Å². The van der Waals surface area contributed by atoms with Gasteiger partial charge in [0.15, 0.2) is 9.02 Å². The summed E-state index contributed by atoms with van der Waals surface area (Å²) >= 11 is 9.78. The van der Waals surface area contributed by atoms with Crippen molar-refractivity contribution in [2.45, 2.75) is 9.02 Å². The van der Waals surface area contributed by atoms with Crippen LogP contribution in [0.2, 0.25) is 0 Å². The molecule has 13 heavy (non-hydrogen) atoms. The summed E-state index contributed by atoms with van der Waals surface area (Å²) in [7, 11) is 0. The number of rotatable bonds is 3. The summed E-state index contributed by atoms with van der Waals surface area (Å²) in [4.78, 5) is 0. The van der Waals surface area contributed by atoms with Gasteiger partial charge in [0.1, 0.15) is 0 Å².